The number of hydrogen-bond acceptors (Lipinski definition) is 2. The molecule has 2 heteroatoms. The molecule has 1 rings (SSSR count). The molecule has 0 aliphatic carbocycles. The van der Waals surface area contributed by atoms with Gasteiger partial charge in [0.05, 0.1) is 5.56 Å². The number of benzene rings is 1. The van der Waals surface area contributed by atoms with Gasteiger partial charge in [0.1, 0.15) is 11.5 Å². The van der Waals surface area contributed by atoms with E-state index < -0.39 is 0 Å². The molecule has 51 valence electrons. The standard InChI is InChI=1S/C8H7O2/c1-2-6-7(9)4-3-5-8(6)10/h1-5,9-10H. The Bertz CT molecular complexity index is 233. The fraction of sp³-hybridized carbons (Fsp3) is 0. The average Bonchev–Trinajstić information content (AvgIpc) is 1.88. The highest BCUT2D eigenvalue weighted by Crippen LogP contribution is 2.26. The van der Waals surface area contributed by atoms with Crippen LogP contribution in [0.2, 0.25) is 0 Å². The summed E-state index contributed by atoms with van der Waals surface area (Å²) in [5.74, 6) is -0.0231. The van der Waals surface area contributed by atoms with E-state index >= 15 is 0 Å². The van der Waals surface area contributed by atoms with Gasteiger partial charge in [0.15, 0.2) is 0 Å². The lowest BCUT2D eigenvalue weighted by atomic mass is 10.2. The monoisotopic (exact) mass is 135 g/mol. The predicted molar refractivity (Wildman–Crippen MR) is 38.5 cm³/mol. The molecule has 0 spiro atoms. The van der Waals surface area contributed by atoms with Crippen LogP contribution in [0.4, 0.5) is 0 Å². The Morgan fingerprint density at radius 3 is 2.00 bits per heavy atom. The quantitative estimate of drug-likeness (QED) is 0.613. The fourth-order valence-electron chi connectivity index (χ4n) is 0.712. The van der Waals surface area contributed by atoms with Gasteiger partial charge >= 0.3 is 0 Å². The summed E-state index contributed by atoms with van der Waals surface area (Å²) in [6.45, 7) is 5.11. The maximum atomic E-state index is 9.02. The van der Waals surface area contributed by atoms with E-state index in [0.29, 0.717) is 0 Å². The van der Waals surface area contributed by atoms with Gasteiger partial charge in [-0.15, -0.1) is 0 Å². The van der Waals surface area contributed by atoms with Crippen LogP contribution in [0, 0.1) is 6.58 Å². The largest absolute Gasteiger partial charge is 0.507 e. The van der Waals surface area contributed by atoms with Crippen LogP contribution in [0.15, 0.2) is 18.2 Å². The molecule has 0 amide bonds. The molecule has 0 unspecified atom stereocenters. The molecule has 2 N–H and O–H groups in total. The third-order valence-corrected chi connectivity index (χ3v) is 1.23. The zero-order chi connectivity index (χ0) is 7.56. The molecule has 0 bridgehead atoms. The number of hydrogen-bond donors (Lipinski definition) is 2. The predicted octanol–water partition coefficient (Wildman–Crippen LogP) is 1.54. The van der Waals surface area contributed by atoms with Gasteiger partial charge in [-0.1, -0.05) is 12.6 Å². The van der Waals surface area contributed by atoms with Crippen molar-refractivity contribution in [1.82, 2.24) is 0 Å². The first kappa shape index (κ1) is 6.68. The number of phenols is 2. The van der Waals surface area contributed by atoms with Crippen LogP contribution in [0.5, 0.6) is 11.5 Å². The Morgan fingerprint density at radius 1 is 1.20 bits per heavy atom. The first-order valence-electron chi connectivity index (χ1n) is 2.81. The minimum Gasteiger partial charge on any atom is -0.507 e. The minimum absolute atomic E-state index is 0.0116. The van der Waals surface area contributed by atoms with Crippen LogP contribution < -0.4 is 0 Å². The van der Waals surface area contributed by atoms with Gasteiger partial charge < -0.3 is 10.2 Å². The molecule has 0 saturated carbocycles. The summed E-state index contributed by atoms with van der Waals surface area (Å²) in [7, 11) is 0. The normalized spacial score (nSPS) is 9.20. The van der Waals surface area contributed by atoms with Crippen LogP contribution in [0.3, 0.4) is 0 Å². The second-order valence-corrected chi connectivity index (χ2v) is 1.88. The van der Waals surface area contributed by atoms with Crippen LogP contribution in [-0.2, 0) is 0 Å². The van der Waals surface area contributed by atoms with E-state index in [1.165, 1.54) is 18.2 Å². The van der Waals surface area contributed by atoms with Gasteiger partial charge in [-0.05, 0) is 18.2 Å². The van der Waals surface area contributed by atoms with E-state index in [1.807, 2.05) is 0 Å². The van der Waals surface area contributed by atoms with Crippen LogP contribution in [0.1, 0.15) is 5.56 Å². The van der Waals surface area contributed by atoms with E-state index in [-0.39, 0.29) is 17.1 Å². The van der Waals surface area contributed by atoms with Gasteiger partial charge in [-0.3, -0.25) is 0 Å². The van der Waals surface area contributed by atoms with Crippen molar-refractivity contribution in [3.63, 3.8) is 0 Å². The Morgan fingerprint density at radius 2 is 1.70 bits per heavy atom. The van der Waals surface area contributed by atoms with E-state index in [2.05, 4.69) is 0 Å². The molecule has 0 aliphatic rings. The molecule has 1 aromatic carbocycles. The van der Waals surface area contributed by atoms with Crippen molar-refractivity contribution in [2.75, 3.05) is 0 Å². The lowest BCUT2D eigenvalue weighted by Gasteiger charge is -1.99. The van der Waals surface area contributed by atoms with E-state index in [9.17, 15) is 0 Å². The average molecular weight is 135 g/mol. The topological polar surface area (TPSA) is 40.5 Å². The summed E-state index contributed by atoms with van der Waals surface area (Å²) in [5, 5.41) is 18.0. The third-order valence-electron chi connectivity index (χ3n) is 1.23. The van der Waals surface area contributed by atoms with Crippen molar-refractivity contribution in [3.05, 3.63) is 30.3 Å². The molecule has 0 atom stereocenters. The lowest BCUT2D eigenvalue weighted by molar-refractivity contribution is 0.448. The second-order valence-electron chi connectivity index (χ2n) is 1.88. The molecule has 1 aromatic rings. The molecule has 0 heterocycles. The van der Waals surface area contributed by atoms with E-state index in [0.717, 1.165) is 6.08 Å². The molecule has 2 nitrogen and oxygen atoms in total. The molecule has 10 heavy (non-hydrogen) atoms. The molecule has 1 radical (unpaired) electrons. The number of rotatable bonds is 1. The third kappa shape index (κ3) is 0.957. The summed E-state index contributed by atoms with van der Waals surface area (Å²) in [6, 6.07) is 4.45. The van der Waals surface area contributed by atoms with Crippen molar-refractivity contribution < 1.29 is 10.2 Å². The van der Waals surface area contributed by atoms with E-state index in [1.54, 1.807) is 0 Å². The van der Waals surface area contributed by atoms with E-state index in [4.69, 9.17) is 16.8 Å². The first-order chi connectivity index (χ1) is 4.75. The summed E-state index contributed by atoms with van der Waals surface area (Å²) in [4.78, 5) is 0. The van der Waals surface area contributed by atoms with Crippen LogP contribution in [0.25, 0.3) is 6.08 Å². The highest BCUT2D eigenvalue weighted by atomic mass is 16.3. The summed E-state index contributed by atoms with van der Waals surface area (Å²) >= 11 is 0. The SMILES string of the molecule is [CH]=Cc1c(O)cccc1O. The summed E-state index contributed by atoms with van der Waals surface area (Å²) < 4.78 is 0. The lowest BCUT2D eigenvalue weighted by Crippen LogP contribution is -1.74. The fourth-order valence-corrected chi connectivity index (χ4v) is 0.712. The Labute approximate surface area is 59.1 Å². The Hall–Kier alpha value is -1.44. The Kier molecular flexibility index (Phi) is 1.63. The highest BCUT2D eigenvalue weighted by molar-refractivity contribution is 5.61. The number of phenolic OH excluding ortho intramolecular Hbond substituents is 2. The van der Waals surface area contributed by atoms with Gasteiger partial charge in [-0.25, -0.2) is 0 Å². The minimum atomic E-state index is -0.0116. The van der Waals surface area contributed by atoms with Crippen molar-refractivity contribution in [3.8, 4) is 11.5 Å². The smallest absolute Gasteiger partial charge is 0.126 e. The van der Waals surface area contributed by atoms with Gasteiger partial charge in [-0.2, -0.15) is 0 Å². The second kappa shape index (κ2) is 2.43. The zero-order valence-electron chi connectivity index (χ0n) is 5.28. The van der Waals surface area contributed by atoms with Gasteiger partial charge in [0.2, 0.25) is 0 Å². The van der Waals surface area contributed by atoms with Crippen LogP contribution in [-0.4, -0.2) is 10.2 Å². The van der Waals surface area contributed by atoms with Crippen LogP contribution >= 0.6 is 0 Å². The van der Waals surface area contributed by atoms with Crippen molar-refractivity contribution in [2.24, 2.45) is 0 Å². The van der Waals surface area contributed by atoms with Gasteiger partial charge in [0.25, 0.3) is 0 Å². The Balaban J connectivity index is 3.30. The summed E-state index contributed by atoms with van der Waals surface area (Å²) in [5.41, 5.74) is 0.266. The zero-order valence-corrected chi connectivity index (χ0v) is 5.28. The van der Waals surface area contributed by atoms with Crippen molar-refractivity contribution in [1.29, 1.82) is 0 Å². The summed E-state index contributed by atoms with van der Waals surface area (Å²) in [6.07, 6.45) is 1.16. The van der Waals surface area contributed by atoms with Crippen molar-refractivity contribution >= 4 is 6.08 Å². The van der Waals surface area contributed by atoms with Crippen molar-refractivity contribution in [2.45, 2.75) is 0 Å². The maximum absolute atomic E-state index is 9.02. The molecular weight excluding hydrogens is 128 g/mol. The number of aromatic hydroxyl groups is 2. The molecule has 0 saturated heterocycles. The molecule has 0 fully saturated rings. The highest BCUT2D eigenvalue weighted by Gasteiger charge is 1.99. The first-order valence-corrected chi connectivity index (χ1v) is 2.81. The molecule has 0 aromatic heterocycles. The van der Waals surface area contributed by atoms with Gasteiger partial charge in [0, 0.05) is 0 Å². The molecule has 0 aliphatic heterocycles. The molecular formula is C8H7O2. The maximum Gasteiger partial charge on any atom is 0.126 e.